The Morgan fingerprint density at radius 2 is 1.71 bits per heavy atom. The molecule has 1 aliphatic heterocycles. The maximum Gasteiger partial charge on any atom is 0.341 e. The van der Waals surface area contributed by atoms with Crippen LogP contribution in [0.15, 0.2) is 29.2 Å². The van der Waals surface area contributed by atoms with Gasteiger partial charge in [-0.1, -0.05) is 0 Å². The van der Waals surface area contributed by atoms with Crippen LogP contribution >= 0.6 is 0 Å². The van der Waals surface area contributed by atoms with Crippen LogP contribution in [0.25, 0.3) is 10.9 Å². The number of carboxylic acid groups (broad SMARTS) is 2. The first-order chi connectivity index (χ1) is 16.4. The van der Waals surface area contributed by atoms with E-state index in [-0.39, 0.29) is 40.5 Å². The number of carbonyl (C=O) groups is 2. The predicted molar refractivity (Wildman–Crippen MR) is 119 cm³/mol. The summed E-state index contributed by atoms with van der Waals surface area (Å²) < 4.78 is 22.0. The van der Waals surface area contributed by atoms with Gasteiger partial charge in [0.2, 0.25) is 5.43 Å². The standard InChI is InChI=1S/C16H15FN2O4.C7H6O5/c1-7-6-23-14-11(16(18)2-3-16)10(17)4-8-12(14)19(7)5-9(13(8)20)15(21)22;8-4-1-3(7(11)12)2-5(9)6(4)10/h4-5,7H,2-3,6,18H2,1H3,(H,21,22);1-2,8-10H,(H,11,12)/t7-;/m0./s1. The number of halogens is 1. The smallest absolute Gasteiger partial charge is 0.341 e. The number of aromatic hydroxyl groups is 3. The molecular weight excluding hydrogens is 467 g/mol. The second-order valence-corrected chi connectivity index (χ2v) is 8.53. The zero-order valence-corrected chi connectivity index (χ0v) is 18.3. The molecule has 0 spiro atoms. The lowest BCUT2D eigenvalue weighted by atomic mass is 9.98. The Hall–Kier alpha value is -4.32. The first-order valence-electron chi connectivity index (χ1n) is 10.4. The fourth-order valence-electron chi connectivity index (χ4n) is 3.95. The third-order valence-electron chi connectivity index (χ3n) is 6.00. The molecule has 2 heterocycles. The van der Waals surface area contributed by atoms with Gasteiger partial charge in [-0.15, -0.1) is 0 Å². The molecule has 12 heteroatoms. The maximum atomic E-state index is 14.6. The fraction of sp³-hybridized carbons (Fsp3) is 0.261. The van der Waals surface area contributed by atoms with Gasteiger partial charge in [-0.25, -0.2) is 14.0 Å². The minimum Gasteiger partial charge on any atom is -0.504 e. The van der Waals surface area contributed by atoms with Crippen molar-refractivity contribution in [2.45, 2.75) is 31.3 Å². The van der Waals surface area contributed by atoms with Crippen LogP contribution < -0.4 is 15.9 Å². The molecule has 184 valence electrons. The van der Waals surface area contributed by atoms with Crippen molar-refractivity contribution in [1.82, 2.24) is 4.57 Å². The summed E-state index contributed by atoms with van der Waals surface area (Å²) in [6, 6.07) is 2.61. The average molecular weight is 488 g/mol. The summed E-state index contributed by atoms with van der Waals surface area (Å²) in [6.45, 7) is 2.10. The van der Waals surface area contributed by atoms with E-state index in [1.54, 1.807) is 4.57 Å². The van der Waals surface area contributed by atoms with E-state index in [1.165, 1.54) is 6.20 Å². The summed E-state index contributed by atoms with van der Waals surface area (Å²) in [5.74, 6) is -5.01. The molecule has 0 bridgehead atoms. The molecule has 0 saturated heterocycles. The normalized spacial score (nSPS) is 17.2. The van der Waals surface area contributed by atoms with Gasteiger partial charge in [-0.3, -0.25) is 4.79 Å². The summed E-state index contributed by atoms with van der Waals surface area (Å²) in [6.07, 6.45) is 2.61. The van der Waals surface area contributed by atoms with Gasteiger partial charge >= 0.3 is 11.9 Å². The first-order valence-corrected chi connectivity index (χ1v) is 10.4. The molecule has 1 fully saturated rings. The van der Waals surface area contributed by atoms with Crippen LogP contribution in [0.1, 0.15) is 52.1 Å². The minimum atomic E-state index is -1.33. The van der Waals surface area contributed by atoms with Crippen LogP contribution in [0.4, 0.5) is 4.39 Å². The molecule has 0 amide bonds. The lowest BCUT2D eigenvalue weighted by Crippen LogP contribution is -2.30. The molecule has 2 aliphatic rings. The highest BCUT2D eigenvalue weighted by Gasteiger charge is 2.46. The van der Waals surface area contributed by atoms with Crippen LogP contribution in [-0.2, 0) is 5.54 Å². The van der Waals surface area contributed by atoms with Crippen LogP contribution in [0.2, 0.25) is 0 Å². The number of hydrogen-bond donors (Lipinski definition) is 6. The molecule has 1 aromatic heterocycles. The zero-order valence-electron chi connectivity index (χ0n) is 18.3. The number of ether oxygens (including phenoxy) is 1. The van der Waals surface area contributed by atoms with Crippen molar-refractivity contribution in [2.24, 2.45) is 5.73 Å². The Morgan fingerprint density at radius 1 is 1.11 bits per heavy atom. The van der Waals surface area contributed by atoms with Crippen molar-refractivity contribution in [1.29, 1.82) is 0 Å². The van der Waals surface area contributed by atoms with Crippen LogP contribution in [0, 0.1) is 5.82 Å². The summed E-state index contributed by atoms with van der Waals surface area (Å²) in [4.78, 5) is 34.0. The SMILES string of the molecule is C[C@H]1COc2c(C3(N)CC3)c(F)cc3c(=O)c(C(=O)O)cn1c23.O=C(O)c1cc(O)c(O)c(O)c1. The maximum absolute atomic E-state index is 14.6. The zero-order chi connectivity index (χ0) is 25.8. The number of hydrogen-bond acceptors (Lipinski definition) is 8. The van der Waals surface area contributed by atoms with Crippen molar-refractivity contribution in [2.75, 3.05) is 6.61 Å². The minimum absolute atomic E-state index is 0.0111. The van der Waals surface area contributed by atoms with E-state index >= 15 is 0 Å². The Balaban J connectivity index is 0.000000204. The number of rotatable bonds is 3. The fourth-order valence-corrected chi connectivity index (χ4v) is 3.95. The number of phenolic OH excluding ortho intramolecular Hbond substituents is 3. The Morgan fingerprint density at radius 3 is 2.23 bits per heavy atom. The van der Waals surface area contributed by atoms with Crippen LogP contribution in [0.5, 0.6) is 23.0 Å². The second-order valence-electron chi connectivity index (χ2n) is 8.53. The van der Waals surface area contributed by atoms with Gasteiger partial charge in [0.25, 0.3) is 0 Å². The Kier molecular flexibility index (Phi) is 5.56. The number of aromatic carboxylic acids is 2. The molecule has 11 nitrogen and oxygen atoms in total. The number of phenols is 3. The van der Waals surface area contributed by atoms with Crippen molar-refractivity contribution in [3.63, 3.8) is 0 Å². The molecule has 1 saturated carbocycles. The van der Waals surface area contributed by atoms with E-state index in [4.69, 9.17) is 30.9 Å². The molecular formula is C23H21FN2O9. The van der Waals surface area contributed by atoms with Crippen LogP contribution in [0.3, 0.4) is 0 Å². The van der Waals surface area contributed by atoms with E-state index in [9.17, 15) is 23.9 Å². The summed E-state index contributed by atoms with van der Waals surface area (Å²) in [7, 11) is 0. The van der Waals surface area contributed by atoms with E-state index < -0.39 is 46.0 Å². The highest BCUT2D eigenvalue weighted by atomic mass is 19.1. The lowest BCUT2D eigenvalue weighted by molar-refractivity contribution is 0.0684. The van der Waals surface area contributed by atoms with Gasteiger partial charge in [0, 0.05) is 11.7 Å². The van der Waals surface area contributed by atoms with Crippen molar-refractivity contribution < 1.29 is 44.2 Å². The molecule has 0 radical (unpaired) electrons. The van der Waals surface area contributed by atoms with Crippen molar-refractivity contribution in [3.8, 4) is 23.0 Å². The number of aromatic nitrogens is 1. The molecule has 7 N–H and O–H groups in total. The van der Waals surface area contributed by atoms with Gasteiger partial charge < -0.3 is 40.6 Å². The Labute approximate surface area is 196 Å². The number of nitrogens with zero attached hydrogens (tertiary/aromatic N) is 1. The predicted octanol–water partition coefficient (Wildman–Crippen LogP) is 2.24. The highest BCUT2D eigenvalue weighted by Crippen LogP contribution is 2.50. The van der Waals surface area contributed by atoms with Crippen molar-refractivity contribution >= 4 is 22.8 Å². The van der Waals surface area contributed by atoms with E-state index in [1.807, 2.05) is 6.92 Å². The number of carboxylic acids is 2. The van der Waals surface area contributed by atoms with Gasteiger partial charge in [-0.2, -0.15) is 0 Å². The van der Waals surface area contributed by atoms with Crippen LogP contribution in [-0.4, -0.2) is 48.6 Å². The molecule has 2 aromatic carbocycles. The third-order valence-corrected chi connectivity index (χ3v) is 6.00. The monoisotopic (exact) mass is 488 g/mol. The topological polar surface area (TPSA) is 193 Å². The van der Waals surface area contributed by atoms with E-state index in [2.05, 4.69) is 0 Å². The molecule has 35 heavy (non-hydrogen) atoms. The number of nitrogens with two attached hydrogens (primary N) is 1. The Bertz CT molecular complexity index is 1440. The lowest BCUT2D eigenvalue weighted by Gasteiger charge is -2.29. The summed E-state index contributed by atoms with van der Waals surface area (Å²) >= 11 is 0. The number of benzene rings is 2. The largest absolute Gasteiger partial charge is 0.504 e. The molecule has 1 atom stereocenters. The molecule has 5 rings (SSSR count). The van der Waals surface area contributed by atoms with E-state index in [0.717, 1.165) is 18.2 Å². The van der Waals surface area contributed by atoms with Gasteiger partial charge in [0.05, 0.1) is 28.1 Å². The van der Waals surface area contributed by atoms with Gasteiger partial charge in [0.1, 0.15) is 18.0 Å². The van der Waals surface area contributed by atoms with E-state index in [0.29, 0.717) is 18.4 Å². The van der Waals surface area contributed by atoms with Crippen molar-refractivity contribution in [3.05, 3.63) is 57.1 Å². The third kappa shape index (κ3) is 3.97. The highest BCUT2D eigenvalue weighted by molar-refractivity contribution is 5.95. The first kappa shape index (κ1) is 23.8. The summed E-state index contributed by atoms with van der Waals surface area (Å²) in [5.41, 5.74) is 4.73. The van der Waals surface area contributed by atoms with Gasteiger partial charge in [0.15, 0.2) is 23.0 Å². The van der Waals surface area contributed by atoms with Gasteiger partial charge in [-0.05, 0) is 38.0 Å². The quantitative estimate of drug-likeness (QED) is 0.298. The molecule has 1 aliphatic carbocycles. The molecule has 3 aromatic rings. The summed E-state index contributed by atoms with van der Waals surface area (Å²) in [5, 5.41) is 44.2. The average Bonchev–Trinajstić information content (AvgIpc) is 3.53. The second kappa shape index (κ2) is 8.17. The number of pyridine rings is 1. The molecule has 0 unspecified atom stereocenters.